The molecule has 0 aliphatic rings. The highest BCUT2D eigenvalue weighted by molar-refractivity contribution is 5.95. The average molecular weight is 382 g/mol. The van der Waals surface area contributed by atoms with Gasteiger partial charge in [0, 0.05) is 17.3 Å². The predicted octanol–water partition coefficient (Wildman–Crippen LogP) is 3.30. The Morgan fingerprint density at radius 1 is 1.00 bits per heavy atom. The summed E-state index contributed by atoms with van der Waals surface area (Å²) >= 11 is 0. The molecule has 0 heterocycles. The first-order chi connectivity index (χ1) is 13.3. The van der Waals surface area contributed by atoms with Crippen LogP contribution in [0.5, 0.6) is 0 Å². The largest absolute Gasteiger partial charge is 0.455 e. The van der Waals surface area contributed by atoms with Gasteiger partial charge in [0.05, 0.1) is 6.42 Å². The van der Waals surface area contributed by atoms with Gasteiger partial charge in [0.2, 0.25) is 0 Å². The topological polar surface area (TPSA) is 84.5 Å². The molecule has 0 spiro atoms. The standard InChI is InChI=1S/C22H26N2O4/c1-14-10-15(2)21(16(3)11-14)24-19(25)13-28-20(26)12-17(4)23-22(27)18-8-6-5-7-9-18/h5-11,17H,12-13H2,1-4H3,(H,23,27)(H,24,25). The van der Waals surface area contributed by atoms with E-state index in [9.17, 15) is 14.4 Å². The molecule has 2 aromatic rings. The second-order valence-electron chi connectivity index (χ2n) is 6.93. The number of amides is 2. The number of esters is 1. The maximum atomic E-state index is 12.1. The maximum Gasteiger partial charge on any atom is 0.308 e. The molecular weight excluding hydrogens is 356 g/mol. The van der Waals surface area contributed by atoms with Gasteiger partial charge in [0.1, 0.15) is 0 Å². The minimum absolute atomic E-state index is 0.0194. The van der Waals surface area contributed by atoms with E-state index in [0.717, 1.165) is 22.4 Å². The molecule has 1 unspecified atom stereocenters. The van der Waals surface area contributed by atoms with E-state index in [2.05, 4.69) is 10.6 Å². The van der Waals surface area contributed by atoms with Crippen molar-refractivity contribution in [3.05, 3.63) is 64.7 Å². The molecule has 28 heavy (non-hydrogen) atoms. The molecule has 1 atom stereocenters. The van der Waals surface area contributed by atoms with Crippen LogP contribution in [0, 0.1) is 20.8 Å². The molecule has 0 aliphatic heterocycles. The van der Waals surface area contributed by atoms with Gasteiger partial charge in [-0.05, 0) is 51.0 Å². The highest BCUT2D eigenvalue weighted by Gasteiger charge is 2.16. The van der Waals surface area contributed by atoms with Crippen LogP contribution in [-0.2, 0) is 14.3 Å². The van der Waals surface area contributed by atoms with E-state index in [1.807, 2.05) is 39.0 Å². The first-order valence-corrected chi connectivity index (χ1v) is 9.15. The van der Waals surface area contributed by atoms with Crippen LogP contribution >= 0.6 is 0 Å². The van der Waals surface area contributed by atoms with E-state index >= 15 is 0 Å². The number of aryl methyl sites for hydroxylation is 3. The summed E-state index contributed by atoms with van der Waals surface area (Å²) in [4.78, 5) is 36.1. The monoisotopic (exact) mass is 382 g/mol. The number of rotatable bonds is 7. The van der Waals surface area contributed by atoms with Gasteiger partial charge in [0.15, 0.2) is 6.61 Å². The Hall–Kier alpha value is -3.15. The van der Waals surface area contributed by atoms with Gasteiger partial charge in [-0.1, -0.05) is 35.9 Å². The number of benzene rings is 2. The minimum atomic E-state index is -0.548. The molecule has 0 aliphatic carbocycles. The number of anilines is 1. The van der Waals surface area contributed by atoms with E-state index in [-0.39, 0.29) is 18.9 Å². The van der Waals surface area contributed by atoms with Crippen molar-refractivity contribution in [2.45, 2.75) is 40.2 Å². The van der Waals surface area contributed by atoms with Crippen molar-refractivity contribution in [2.75, 3.05) is 11.9 Å². The first kappa shape index (κ1) is 21.2. The molecule has 0 fully saturated rings. The lowest BCUT2D eigenvalue weighted by Crippen LogP contribution is -2.35. The van der Waals surface area contributed by atoms with E-state index in [4.69, 9.17) is 4.74 Å². The molecule has 2 aromatic carbocycles. The van der Waals surface area contributed by atoms with Gasteiger partial charge < -0.3 is 15.4 Å². The second-order valence-corrected chi connectivity index (χ2v) is 6.93. The fourth-order valence-corrected chi connectivity index (χ4v) is 2.96. The molecule has 0 saturated carbocycles. The van der Waals surface area contributed by atoms with Crippen LogP contribution in [0.3, 0.4) is 0 Å². The number of carbonyl (C=O) groups excluding carboxylic acids is 3. The third-order valence-electron chi connectivity index (χ3n) is 4.19. The van der Waals surface area contributed by atoms with Gasteiger partial charge in [-0.25, -0.2) is 0 Å². The zero-order valence-electron chi connectivity index (χ0n) is 16.7. The van der Waals surface area contributed by atoms with Crippen molar-refractivity contribution < 1.29 is 19.1 Å². The van der Waals surface area contributed by atoms with Crippen LogP contribution < -0.4 is 10.6 Å². The molecule has 148 valence electrons. The van der Waals surface area contributed by atoms with Crippen LogP contribution in [0.4, 0.5) is 5.69 Å². The molecule has 0 bridgehead atoms. The molecule has 0 aromatic heterocycles. The molecule has 6 heteroatoms. The van der Waals surface area contributed by atoms with Crippen LogP contribution in [0.25, 0.3) is 0 Å². The normalized spacial score (nSPS) is 11.4. The third-order valence-corrected chi connectivity index (χ3v) is 4.19. The van der Waals surface area contributed by atoms with Crippen molar-refractivity contribution >= 4 is 23.5 Å². The van der Waals surface area contributed by atoms with Crippen LogP contribution in [-0.4, -0.2) is 30.4 Å². The average Bonchev–Trinajstić information content (AvgIpc) is 2.63. The fraction of sp³-hybridized carbons (Fsp3) is 0.318. The molecule has 2 amide bonds. The summed E-state index contributed by atoms with van der Waals surface area (Å²) in [7, 11) is 0. The summed E-state index contributed by atoms with van der Waals surface area (Å²) in [5, 5.41) is 5.52. The van der Waals surface area contributed by atoms with Crippen molar-refractivity contribution in [2.24, 2.45) is 0 Å². The zero-order chi connectivity index (χ0) is 20.7. The maximum absolute atomic E-state index is 12.1. The number of hydrogen-bond acceptors (Lipinski definition) is 4. The van der Waals surface area contributed by atoms with Crippen molar-refractivity contribution in [3.8, 4) is 0 Å². The number of nitrogens with one attached hydrogen (secondary N) is 2. The smallest absolute Gasteiger partial charge is 0.308 e. The first-order valence-electron chi connectivity index (χ1n) is 9.15. The molecular formula is C22H26N2O4. The molecule has 2 rings (SSSR count). The highest BCUT2D eigenvalue weighted by atomic mass is 16.5. The molecule has 6 nitrogen and oxygen atoms in total. The Labute approximate surface area is 165 Å². The van der Waals surface area contributed by atoms with E-state index in [0.29, 0.717) is 5.56 Å². The summed E-state index contributed by atoms with van der Waals surface area (Å²) in [5.41, 5.74) is 4.27. The van der Waals surface area contributed by atoms with Crippen molar-refractivity contribution in [1.82, 2.24) is 5.32 Å². The van der Waals surface area contributed by atoms with Gasteiger partial charge in [0.25, 0.3) is 11.8 Å². The number of carbonyl (C=O) groups is 3. The lowest BCUT2D eigenvalue weighted by molar-refractivity contribution is -0.147. The van der Waals surface area contributed by atoms with Crippen molar-refractivity contribution in [3.63, 3.8) is 0 Å². The molecule has 0 radical (unpaired) electrons. The summed E-state index contributed by atoms with van der Waals surface area (Å²) in [6.45, 7) is 7.16. The number of hydrogen-bond donors (Lipinski definition) is 2. The minimum Gasteiger partial charge on any atom is -0.455 e. The van der Waals surface area contributed by atoms with Gasteiger partial charge in [-0.3, -0.25) is 14.4 Å². The number of ether oxygens (including phenoxy) is 1. The second kappa shape index (κ2) is 9.69. The fourth-order valence-electron chi connectivity index (χ4n) is 2.96. The lowest BCUT2D eigenvalue weighted by Gasteiger charge is -2.15. The van der Waals surface area contributed by atoms with Crippen LogP contribution in [0.1, 0.15) is 40.4 Å². The van der Waals surface area contributed by atoms with Crippen molar-refractivity contribution in [1.29, 1.82) is 0 Å². The Morgan fingerprint density at radius 3 is 2.21 bits per heavy atom. The Morgan fingerprint density at radius 2 is 1.61 bits per heavy atom. The van der Waals surface area contributed by atoms with Gasteiger partial charge in [-0.2, -0.15) is 0 Å². The van der Waals surface area contributed by atoms with E-state index < -0.39 is 17.9 Å². The molecule has 2 N–H and O–H groups in total. The summed E-state index contributed by atoms with van der Waals surface area (Å²) in [6.07, 6.45) is -0.0194. The predicted molar refractivity (Wildman–Crippen MR) is 108 cm³/mol. The SMILES string of the molecule is Cc1cc(C)c(NC(=O)COC(=O)CC(C)NC(=O)c2ccccc2)c(C)c1. The third kappa shape index (κ3) is 6.23. The summed E-state index contributed by atoms with van der Waals surface area (Å²) in [6, 6.07) is 12.3. The summed E-state index contributed by atoms with van der Waals surface area (Å²) in [5.74, 6) is -1.21. The van der Waals surface area contributed by atoms with Crippen LogP contribution in [0.2, 0.25) is 0 Å². The summed E-state index contributed by atoms with van der Waals surface area (Å²) < 4.78 is 5.04. The quantitative estimate of drug-likeness (QED) is 0.720. The molecule has 0 saturated heterocycles. The van der Waals surface area contributed by atoms with Crippen LogP contribution in [0.15, 0.2) is 42.5 Å². The van der Waals surface area contributed by atoms with Gasteiger partial charge in [-0.15, -0.1) is 0 Å². The Balaban J connectivity index is 1.79. The highest BCUT2D eigenvalue weighted by Crippen LogP contribution is 2.21. The van der Waals surface area contributed by atoms with Gasteiger partial charge >= 0.3 is 5.97 Å². The Bertz CT molecular complexity index is 839. The van der Waals surface area contributed by atoms with E-state index in [1.165, 1.54) is 0 Å². The Kier molecular flexibility index (Phi) is 7.32. The lowest BCUT2D eigenvalue weighted by atomic mass is 10.1. The zero-order valence-corrected chi connectivity index (χ0v) is 16.7. The van der Waals surface area contributed by atoms with E-state index in [1.54, 1.807) is 31.2 Å².